The van der Waals surface area contributed by atoms with E-state index in [9.17, 15) is 0 Å². The summed E-state index contributed by atoms with van der Waals surface area (Å²) in [5, 5.41) is 4.17. The SMILES string of the molecule is CCc1ccccc1C(N)Cc1cnn(C)c1. The molecule has 1 unspecified atom stereocenters. The van der Waals surface area contributed by atoms with Crippen LogP contribution in [-0.2, 0) is 19.9 Å². The van der Waals surface area contributed by atoms with Crippen molar-refractivity contribution in [2.24, 2.45) is 12.8 Å². The molecule has 0 saturated carbocycles. The Labute approximate surface area is 102 Å². The van der Waals surface area contributed by atoms with Crippen molar-refractivity contribution in [1.82, 2.24) is 9.78 Å². The van der Waals surface area contributed by atoms with E-state index in [2.05, 4.69) is 36.3 Å². The van der Waals surface area contributed by atoms with Crippen molar-refractivity contribution in [3.8, 4) is 0 Å². The maximum Gasteiger partial charge on any atom is 0.0522 e. The largest absolute Gasteiger partial charge is 0.324 e. The minimum absolute atomic E-state index is 0.0512. The van der Waals surface area contributed by atoms with E-state index in [-0.39, 0.29) is 6.04 Å². The zero-order valence-corrected chi connectivity index (χ0v) is 10.4. The molecule has 1 aromatic heterocycles. The molecule has 0 aliphatic heterocycles. The quantitative estimate of drug-likeness (QED) is 0.873. The molecule has 3 heteroatoms. The Kier molecular flexibility index (Phi) is 3.59. The van der Waals surface area contributed by atoms with Gasteiger partial charge in [0.15, 0.2) is 0 Å². The van der Waals surface area contributed by atoms with E-state index in [0.29, 0.717) is 0 Å². The highest BCUT2D eigenvalue weighted by Crippen LogP contribution is 2.20. The molecule has 2 N–H and O–H groups in total. The molecule has 2 aromatic rings. The van der Waals surface area contributed by atoms with Crippen LogP contribution >= 0.6 is 0 Å². The van der Waals surface area contributed by atoms with E-state index in [0.717, 1.165) is 12.8 Å². The van der Waals surface area contributed by atoms with Gasteiger partial charge in [0.25, 0.3) is 0 Å². The highest BCUT2D eigenvalue weighted by molar-refractivity contribution is 5.31. The van der Waals surface area contributed by atoms with Crippen LogP contribution in [0, 0.1) is 0 Å². The number of hydrogen-bond donors (Lipinski definition) is 1. The molecule has 1 atom stereocenters. The van der Waals surface area contributed by atoms with Gasteiger partial charge in [-0.2, -0.15) is 5.10 Å². The number of nitrogens with zero attached hydrogens (tertiary/aromatic N) is 2. The summed E-state index contributed by atoms with van der Waals surface area (Å²) in [6.45, 7) is 2.16. The molecule has 0 bridgehead atoms. The second kappa shape index (κ2) is 5.15. The smallest absolute Gasteiger partial charge is 0.0522 e. The fourth-order valence-electron chi connectivity index (χ4n) is 2.16. The van der Waals surface area contributed by atoms with Crippen molar-refractivity contribution in [2.75, 3.05) is 0 Å². The normalized spacial score (nSPS) is 12.6. The number of nitrogens with two attached hydrogens (primary N) is 1. The van der Waals surface area contributed by atoms with Crippen LogP contribution < -0.4 is 5.73 Å². The summed E-state index contributed by atoms with van der Waals surface area (Å²) in [7, 11) is 1.93. The average Bonchev–Trinajstić information content (AvgIpc) is 2.74. The third-order valence-electron chi connectivity index (χ3n) is 3.05. The fraction of sp³-hybridized carbons (Fsp3) is 0.357. The van der Waals surface area contributed by atoms with E-state index < -0.39 is 0 Å². The van der Waals surface area contributed by atoms with Gasteiger partial charge in [-0.1, -0.05) is 31.2 Å². The molecule has 0 saturated heterocycles. The lowest BCUT2D eigenvalue weighted by molar-refractivity contribution is 0.710. The molecule has 0 fully saturated rings. The third-order valence-corrected chi connectivity index (χ3v) is 3.05. The van der Waals surface area contributed by atoms with Crippen molar-refractivity contribution in [3.63, 3.8) is 0 Å². The molecule has 0 amide bonds. The van der Waals surface area contributed by atoms with Crippen molar-refractivity contribution >= 4 is 0 Å². The topological polar surface area (TPSA) is 43.8 Å². The first-order valence-electron chi connectivity index (χ1n) is 6.01. The van der Waals surface area contributed by atoms with Crippen molar-refractivity contribution in [1.29, 1.82) is 0 Å². The van der Waals surface area contributed by atoms with E-state index >= 15 is 0 Å². The predicted octanol–water partition coefficient (Wildman–Crippen LogP) is 2.23. The molecule has 1 aromatic carbocycles. The summed E-state index contributed by atoms with van der Waals surface area (Å²) in [5.41, 5.74) is 10.0. The molecular weight excluding hydrogens is 210 g/mol. The summed E-state index contributed by atoms with van der Waals surface area (Å²) >= 11 is 0. The van der Waals surface area contributed by atoms with Gasteiger partial charge in [0.05, 0.1) is 6.20 Å². The number of aryl methyl sites for hydroxylation is 2. The Hall–Kier alpha value is -1.61. The van der Waals surface area contributed by atoms with Gasteiger partial charge < -0.3 is 5.73 Å². The van der Waals surface area contributed by atoms with Gasteiger partial charge in [-0.25, -0.2) is 0 Å². The Morgan fingerprint density at radius 3 is 2.76 bits per heavy atom. The Morgan fingerprint density at radius 1 is 1.35 bits per heavy atom. The van der Waals surface area contributed by atoms with Crippen LogP contribution in [0.2, 0.25) is 0 Å². The van der Waals surface area contributed by atoms with Crippen LogP contribution in [0.3, 0.4) is 0 Å². The van der Waals surface area contributed by atoms with Crippen LogP contribution in [0.25, 0.3) is 0 Å². The zero-order chi connectivity index (χ0) is 12.3. The summed E-state index contributed by atoms with van der Waals surface area (Å²) in [5.74, 6) is 0. The molecule has 0 radical (unpaired) electrons. The third kappa shape index (κ3) is 2.74. The molecule has 3 nitrogen and oxygen atoms in total. The maximum atomic E-state index is 6.28. The highest BCUT2D eigenvalue weighted by Gasteiger charge is 2.11. The Morgan fingerprint density at radius 2 is 2.12 bits per heavy atom. The molecule has 0 aliphatic carbocycles. The van der Waals surface area contributed by atoms with Gasteiger partial charge in [-0.05, 0) is 29.5 Å². The molecule has 1 heterocycles. The maximum absolute atomic E-state index is 6.28. The lowest BCUT2D eigenvalue weighted by Gasteiger charge is -2.14. The van der Waals surface area contributed by atoms with Gasteiger partial charge in [0.2, 0.25) is 0 Å². The Balaban J connectivity index is 2.16. The first-order chi connectivity index (χ1) is 8.20. The highest BCUT2D eigenvalue weighted by atomic mass is 15.2. The van der Waals surface area contributed by atoms with Crippen LogP contribution in [0.15, 0.2) is 36.7 Å². The fourth-order valence-corrected chi connectivity index (χ4v) is 2.16. The number of aromatic nitrogens is 2. The summed E-state index contributed by atoms with van der Waals surface area (Å²) < 4.78 is 1.81. The van der Waals surface area contributed by atoms with Crippen LogP contribution in [0.5, 0.6) is 0 Å². The van der Waals surface area contributed by atoms with E-state index in [1.807, 2.05) is 24.1 Å². The lowest BCUT2D eigenvalue weighted by atomic mass is 9.95. The zero-order valence-electron chi connectivity index (χ0n) is 10.4. The first-order valence-corrected chi connectivity index (χ1v) is 6.01. The molecule has 2 rings (SSSR count). The monoisotopic (exact) mass is 229 g/mol. The summed E-state index contributed by atoms with van der Waals surface area (Å²) in [6.07, 6.45) is 5.77. The van der Waals surface area contributed by atoms with Crippen LogP contribution in [-0.4, -0.2) is 9.78 Å². The van der Waals surface area contributed by atoms with Crippen molar-refractivity contribution in [3.05, 3.63) is 53.3 Å². The van der Waals surface area contributed by atoms with Crippen molar-refractivity contribution in [2.45, 2.75) is 25.8 Å². The summed E-state index contributed by atoms with van der Waals surface area (Å²) in [4.78, 5) is 0. The lowest BCUT2D eigenvalue weighted by Crippen LogP contribution is -2.15. The number of hydrogen-bond acceptors (Lipinski definition) is 2. The van der Waals surface area contributed by atoms with E-state index in [4.69, 9.17) is 5.73 Å². The van der Waals surface area contributed by atoms with Crippen molar-refractivity contribution < 1.29 is 0 Å². The second-order valence-corrected chi connectivity index (χ2v) is 4.39. The molecule has 90 valence electrons. The second-order valence-electron chi connectivity index (χ2n) is 4.39. The minimum atomic E-state index is 0.0512. The van der Waals surface area contributed by atoms with Gasteiger partial charge >= 0.3 is 0 Å². The standard InChI is InChI=1S/C14H19N3/c1-3-12-6-4-5-7-13(12)14(15)8-11-9-16-17(2)10-11/h4-7,9-10,14H,3,8,15H2,1-2H3. The van der Waals surface area contributed by atoms with Crippen LogP contribution in [0.1, 0.15) is 29.7 Å². The van der Waals surface area contributed by atoms with E-state index in [1.165, 1.54) is 16.7 Å². The minimum Gasteiger partial charge on any atom is -0.324 e. The summed E-state index contributed by atoms with van der Waals surface area (Å²) in [6, 6.07) is 8.45. The molecule has 0 spiro atoms. The molecule has 17 heavy (non-hydrogen) atoms. The van der Waals surface area contributed by atoms with Crippen LogP contribution in [0.4, 0.5) is 0 Å². The number of rotatable bonds is 4. The molecule has 0 aliphatic rings. The first kappa shape index (κ1) is 11.9. The van der Waals surface area contributed by atoms with Gasteiger partial charge in [-0.3, -0.25) is 4.68 Å². The van der Waals surface area contributed by atoms with Gasteiger partial charge in [0, 0.05) is 19.3 Å². The Bertz CT molecular complexity index is 488. The van der Waals surface area contributed by atoms with E-state index in [1.54, 1.807) is 0 Å². The predicted molar refractivity (Wildman–Crippen MR) is 69.7 cm³/mol. The molecular formula is C14H19N3. The van der Waals surface area contributed by atoms with Gasteiger partial charge in [-0.15, -0.1) is 0 Å². The number of benzene rings is 1. The average molecular weight is 229 g/mol. The van der Waals surface area contributed by atoms with Gasteiger partial charge in [0.1, 0.15) is 0 Å².